The lowest BCUT2D eigenvalue weighted by molar-refractivity contribution is -0.170. The molecule has 0 aromatic carbocycles. The lowest BCUT2D eigenvalue weighted by Crippen LogP contribution is -2.57. The maximum Gasteiger partial charge on any atom is 0.413 e. The van der Waals surface area contributed by atoms with Crippen LogP contribution in [0.1, 0.15) is 48.0 Å². The van der Waals surface area contributed by atoms with E-state index in [9.17, 15) is 14.7 Å². The van der Waals surface area contributed by atoms with Crippen LogP contribution in [-0.4, -0.2) is 49.0 Å². The summed E-state index contributed by atoms with van der Waals surface area (Å²) in [5, 5.41) is 9.86. The van der Waals surface area contributed by atoms with Crippen LogP contribution < -0.4 is 0 Å². The number of ether oxygens (including phenoxy) is 1. The molecule has 0 aliphatic carbocycles. The summed E-state index contributed by atoms with van der Waals surface area (Å²) in [5.74, 6) is -1.10. The van der Waals surface area contributed by atoms with Gasteiger partial charge in [-0.15, -0.1) is 0 Å². The molecule has 6 nitrogen and oxygen atoms in total. The summed E-state index contributed by atoms with van der Waals surface area (Å²) in [5.41, 5.74) is -2.44. The smallest absolute Gasteiger partial charge is 0.413 e. The van der Waals surface area contributed by atoms with Crippen LogP contribution in [0.15, 0.2) is 0 Å². The van der Waals surface area contributed by atoms with Crippen LogP contribution in [0.3, 0.4) is 0 Å². The predicted octanol–water partition coefficient (Wildman–Crippen LogP) is 3.34. The van der Waals surface area contributed by atoms with Gasteiger partial charge in [0.25, 0.3) is 0 Å². The van der Waals surface area contributed by atoms with Gasteiger partial charge in [-0.1, -0.05) is 20.8 Å². The zero-order chi connectivity index (χ0) is 18.2. The van der Waals surface area contributed by atoms with Gasteiger partial charge in [-0.05, 0) is 45.2 Å². The molecule has 7 heteroatoms. The largest absolute Gasteiger partial charge is 0.478 e. The molecule has 1 amide bonds. The molecule has 1 radical (unpaired) electrons. The van der Waals surface area contributed by atoms with Crippen molar-refractivity contribution < 1.29 is 23.9 Å². The number of aliphatic carboxylic acids is 1. The van der Waals surface area contributed by atoms with E-state index in [4.69, 9.17) is 9.16 Å². The first-order valence-electron chi connectivity index (χ1n) is 7.92. The van der Waals surface area contributed by atoms with Gasteiger partial charge >= 0.3 is 12.1 Å². The summed E-state index contributed by atoms with van der Waals surface area (Å²) in [6, 6.07) is 0. The van der Waals surface area contributed by atoms with E-state index in [2.05, 4.69) is 0 Å². The number of rotatable bonds is 3. The molecule has 1 heterocycles. The van der Waals surface area contributed by atoms with Crippen LogP contribution in [0.25, 0.3) is 0 Å². The maximum absolute atomic E-state index is 12.6. The highest BCUT2D eigenvalue weighted by atomic mass is 28.3. The van der Waals surface area contributed by atoms with Crippen LogP contribution in [0.2, 0.25) is 13.1 Å². The molecule has 23 heavy (non-hydrogen) atoms. The Kier molecular flexibility index (Phi) is 5.58. The van der Waals surface area contributed by atoms with E-state index in [-0.39, 0.29) is 17.8 Å². The third-order valence-electron chi connectivity index (χ3n) is 3.91. The standard InChI is InChI=1S/C16H30NO5Si/c1-14(2,3)11-9-16(12(18)19,22-23(7)8)17(10-11)13(20)21-15(4,5)6/h11H,9-10H2,1-8H3,(H,18,19)/t11-,16-/m0/s1. The van der Waals surface area contributed by atoms with Crippen LogP contribution in [-0.2, 0) is 14.0 Å². The van der Waals surface area contributed by atoms with E-state index in [1.807, 2.05) is 33.9 Å². The number of amides is 1. The van der Waals surface area contributed by atoms with Crippen molar-refractivity contribution in [1.82, 2.24) is 4.90 Å². The topological polar surface area (TPSA) is 76.1 Å². The summed E-state index contributed by atoms with van der Waals surface area (Å²) in [6.45, 7) is 15.5. The van der Waals surface area contributed by atoms with Gasteiger partial charge in [0, 0.05) is 13.0 Å². The maximum atomic E-state index is 12.6. The fraction of sp³-hybridized carbons (Fsp3) is 0.875. The van der Waals surface area contributed by atoms with Gasteiger partial charge in [0.05, 0.1) is 0 Å². The fourth-order valence-electron chi connectivity index (χ4n) is 2.68. The average Bonchev–Trinajstić information content (AvgIpc) is 2.66. The van der Waals surface area contributed by atoms with Crippen LogP contribution in [0.5, 0.6) is 0 Å². The molecule has 0 saturated carbocycles. The Balaban J connectivity index is 3.24. The zero-order valence-electron chi connectivity index (χ0n) is 15.5. The molecule has 0 aromatic rings. The highest BCUT2D eigenvalue weighted by Crippen LogP contribution is 2.44. The minimum Gasteiger partial charge on any atom is -0.478 e. The lowest BCUT2D eigenvalue weighted by Gasteiger charge is -2.36. The Morgan fingerprint density at radius 2 is 1.70 bits per heavy atom. The summed E-state index contributed by atoms with van der Waals surface area (Å²) in [6.07, 6.45) is -0.351. The molecule has 0 unspecified atom stereocenters. The van der Waals surface area contributed by atoms with E-state index < -0.39 is 32.4 Å². The molecule has 1 N–H and O–H groups in total. The summed E-state index contributed by atoms with van der Waals surface area (Å²) >= 11 is 0. The minimum atomic E-state index is -1.63. The molecular formula is C16H30NO5Si. The zero-order valence-corrected chi connectivity index (χ0v) is 16.5. The quantitative estimate of drug-likeness (QED) is 0.795. The Bertz CT molecular complexity index is 466. The summed E-state index contributed by atoms with van der Waals surface area (Å²) in [4.78, 5) is 25.9. The fourth-order valence-corrected chi connectivity index (χ4v) is 3.63. The Labute approximate surface area is 140 Å². The number of nitrogens with zero attached hydrogens (tertiary/aromatic N) is 1. The summed E-state index contributed by atoms with van der Waals surface area (Å²) in [7, 11) is -1.33. The lowest BCUT2D eigenvalue weighted by atomic mass is 9.79. The van der Waals surface area contributed by atoms with Gasteiger partial charge in [0.2, 0.25) is 14.8 Å². The minimum absolute atomic E-state index is 0.0208. The molecule has 1 rings (SSSR count). The molecule has 1 fully saturated rings. The van der Waals surface area contributed by atoms with Gasteiger partial charge in [0.1, 0.15) is 5.60 Å². The third kappa shape index (κ3) is 4.70. The van der Waals surface area contributed by atoms with Crippen molar-refractivity contribution in [1.29, 1.82) is 0 Å². The first-order chi connectivity index (χ1) is 10.2. The molecule has 0 bridgehead atoms. The molecule has 1 aliphatic rings. The Morgan fingerprint density at radius 1 is 1.17 bits per heavy atom. The van der Waals surface area contributed by atoms with Crippen molar-refractivity contribution >= 4 is 21.1 Å². The van der Waals surface area contributed by atoms with Crippen molar-refractivity contribution in [2.75, 3.05) is 6.54 Å². The van der Waals surface area contributed by atoms with Crippen molar-refractivity contribution in [2.45, 2.75) is 72.4 Å². The molecule has 1 saturated heterocycles. The number of carboxylic acid groups (broad SMARTS) is 1. The average molecular weight is 345 g/mol. The van der Waals surface area contributed by atoms with Crippen LogP contribution in [0, 0.1) is 11.3 Å². The molecule has 1 aliphatic heterocycles. The van der Waals surface area contributed by atoms with E-state index in [1.54, 1.807) is 20.8 Å². The molecule has 0 aromatic heterocycles. The normalized spacial score (nSPS) is 25.8. The second-order valence-corrected chi connectivity index (χ2v) is 10.5. The van der Waals surface area contributed by atoms with Crippen LogP contribution >= 0.6 is 0 Å². The number of hydrogen-bond acceptors (Lipinski definition) is 4. The van der Waals surface area contributed by atoms with Crippen molar-refractivity contribution in [3.8, 4) is 0 Å². The highest BCUT2D eigenvalue weighted by Gasteiger charge is 2.58. The van der Waals surface area contributed by atoms with Gasteiger partial charge in [-0.2, -0.15) is 0 Å². The van der Waals surface area contributed by atoms with Gasteiger partial charge in [-0.25, -0.2) is 9.59 Å². The first kappa shape index (κ1) is 20.0. The van der Waals surface area contributed by atoms with Crippen LogP contribution in [0.4, 0.5) is 4.79 Å². The third-order valence-corrected chi connectivity index (χ3v) is 4.65. The Morgan fingerprint density at radius 3 is 2.04 bits per heavy atom. The second-order valence-electron chi connectivity index (χ2n) is 8.46. The monoisotopic (exact) mass is 344 g/mol. The molecule has 2 atom stereocenters. The van der Waals surface area contributed by atoms with E-state index in [0.717, 1.165) is 0 Å². The van der Waals surface area contributed by atoms with Crippen molar-refractivity contribution in [2.24, 2.45) is 11.3 Å². The number of likely N-dealkylation sites (tertiary alicyclic amines) is 1. The van der Waals surface area contributed by atoms with Crippen molar-refractivity contribution in [3.05, 3.63) is 0 Å². The first-order valence-corrected chi connectivity index (χ1v) is 10.3. The number of hydrogen-bond donors (Lipinski definition) is 1. The number of carboxylic acids is 1. The van der Waals surface area contributed by atoms with E-state index in [0.29, 0.717) is 6.54 Å². The predicted molar refractivity (Wildman–Crippen MR) is 89.4 cm³/mol. The Hall–Kier alpha value is -1.08. The van der Waals surface area contributed by atoms with Gasteiger partial charge in [-0.3, -0.25) is 4.90 Å². The van der Waals surface area contributed by atoms with Crippen molar-refractivity contribution in [3.63, 3.8) is 0 Å². The van der Waals surface area contributed by atoms with E-state index >= 15 is 0 Å². The van der Waals surface area contributed by atoms with E-state index in [1.165, 1.54) is 4.90 Å². The number of carbonyl (C=O) groups excluding carboxylic acids is 1. The SMILES string of the molecule is C[Si](C)O[C@]1(C(=O)O)C[C@H](C(C)(C)C)CN1C(=O)OC(C)(C)C. The van der Waals surface area contributed by atoms with Gasteiger partial charge < -0.3 is 14.3 Å². The molecular weight excluding hydrogens is 314 g/mol. The summed E-state index contributed by atoms with van der Waals surface area (Å²) < 4.78 is 11.3. The molecule has 0 spiro atoms. The van der Waals surface area contributed by atoms with Gasteiger partial charge in [0.15, 0.2) is 0 Å². The highest BCUT2D eigenvalue weighted by molar-refractivity contribution is 6.48. The molecule has 133 valence electrons. The number of carbonyl (C=O) groups is 2. The second kappa shape index (κ2) is 6.43.